The molecule has 1 heterocycles. The lowest BCUT2D eigenvalue weighted by atomic mass is 10.1. The van der Waals surface area contributed by atoms with Gasteiger partial charge in [0.05, 0.1) is 24.0 Å². The number of hydrogen-bond donors (Lipinski definition) is 1. The van der Waals surface area contributed by atoms with Gasteiger partial charge in [-0.3, -0.25) is 9.59 Å². The quantitative estimate of drug-likeness (QED) is 0.832. The zero-order valence-electron chi connectivity index (χ0n) is 14.6. The summed E-state index contributed by atoms with van der Waals surface area (Å²) in [5.74, 6) is -1.07. The Bertz CT molecular complexity index is 797. The number of ether oxygens (including phenoxy) is 1. The standard InChI is InChI=1S/C18H20N2O4S/c1-11-14(18(23)24-4)16(25-15(11)17(22)20(2)3)19-13(21)10-12-8-6-5-7-9-12/h5-9H,10H2,1-4H3,(H,19,21). The van der Waals surface area contributed by atoms with E-state index in [9.17, 15) is 14.4 Å². The summed E-state index contributed by atoms with van der Waals surface area (Å²) in [7, 11) is 4.53. The van der Waals surface area contributed by atoms with E-state index < -0.39 is 5.97 Å². The smallest absolute Gasteiger partial charge is 0.341 e. The van der Waals surface area contributed by atoms with Crippen molar-refractivity contribution in [3.05, 3.63) is 51.9 Å². The van der Waals surface area contributed by atoms with E-state index in [0.29, 0.717) is 15.4 Å². The summed E-state index contributed by atoms with van der Waals surface area (Å²) in [6, 6.07) is 9.28. The summed E-state index contributed by atoms with van der Waals surface area (Å²) in [6.45, 7) is 1.67. The highest BCUT2D eigenvalue weighted by atomic mass is 32.1. The van der Waals surface area contributed by atoms with E-state index in [1.54, 1.807) is 21.0 Å². The van der Waals surface area contributed by atoms with Crippen LogP contribution in [0.25, 0.3) is 0 Å². The first-order valence-electron chi connectivity index (χ1n) is 7.62. The summed E-state index contributed by atoms with van der Waals surface area (Å²) in [4.78, 5) is 38.5. The van der Waals surface area contributed by atoms with E-state index in [-0.39, 0.29) is 23.8 Å². The lowest BCUT2D eigenvalue weighted by molar-refractivity contribution is -0.115. The van der Waals surface area contributed by atoms with E-state index in [2.05, 4.69) is 5.32 Å². The average molecular weight is 360 g/mol. The van der Waals surface area contributed by atoms with E-state index >= 15 is 0 Å². The minimum atomic E-state index is -0.582. The number of methoxy groups -OCH3 is 1. The van der Waals surface area contributed by atoms with Gasteiger partial charge in [0, 0.05) is 14.1 Å². The molecule has 2 amide bonds. The molecule has 25 heavy (non-hydrogen) atoms. The second-order valence-electron chi connectivity index (χ2n) is 5.66. The third-order valence-electron chi connectivity index (χ3n) is 3.60. The second-order valence-corrected chi connectivity index (χ2v) is 6.68. The highest BCUT2D eigenvalue weighted by Gasteiger charge is 2.26. The average Bonchev–Trinajstić information content (AvgIpc) is 2.90. The number of nitrogens with one attached hydrogen (secondary N) is 1. The Hall–Kier alpha value is -2.67. The molecule has 2 rings (SSSR count). The maximum atomic E-state index is 12.3. The first-order valence-corrected chi connectivity index (χ1v) is 8.44. The molecule has 0 aliphatic rings. The molecule has 0 fully saturated rings. The number of thiophene rings is 1. The number of nitrogens with zero attached hydrogens (tertiary/aromatic N) is 1. The number of esters is 1. The van der Waals surface area contributed by atoms with Crippen molar-refractivity contribution in [1.82, 2.24) is 4.90 Å². The lowest BCUT2D eigenvalue weighted by Gasteiger charge is -2.08. The van der Waals surface area contributed by atoms with Gasteiger partial charge in [-0.05, 0) is 18.1 Å². The molecular formula is C18H20N2O4S. The van der Waals surface area contributed by atoms with Crippen LogP contribution < -0.4 is 5.32 Å². The van der Waals surface area contributed by atoms with Crippen LogP contribution in [0.1, 0.15) is 31.2 Å². The van der Waals surface area contributed by atoms with Crippen molar-refractivity contribution in [3.63, 3.8) is 0 Å². The molecule has 0 saturated carbocycles. The summed E-state index contributed by atoms with van der Waals surface area (Å²) in [6.07, 6.45) is 0.176. The van der Waals surface area contributed by atoms with Gasteiger partial charge in [0.1, 0.15) is 5.00 Å². The van der Waals surface area contributed by atoms with Crippen molar-refractivity contribution in [2.75, 3.05) is 26.5 Å². The van der Waals surface area contributed by atoms with Crippen LogP contribution in [0.4, 0.5) is 5.00 Å². The molecule has 0 spiro atoms. The SMILES string of the molecule is COC(=O)c1c(NC(=O)Cc2ccccc2)sc(C(=O)N(C)C)c1C. The van der Waals surface area contributed by atoms with Crippen LogP contribution in [0.15, 0.2) is 30.3 Å². The molecule has 1 aromatic carbocycles. The Morgan fingerprint density at radius 1 is 1.16 bits per heavy atom. The first kappa shape index (κ1) is 18.7. The summed E-state index contributed by atoms with van der Waals surface area (Å²) >= 11 is 1.08. The monoisotopic (exact) mass is 360 g/mol. The van der Waals surface area contributed by atoms with Crippen LogP contribution in [0.2, 0.25) is 0 Å². The number of anilines is 1. The molecule has 6 nitrogen and oxygen atoms in total. The van der Waals surface area contributed by atoms with Crippen LogP contribution >= 0.6 is 11.3 Å². The first-order chi connectivity index (χ1) is 11.8. The molecule has 7 heteroatoms. The van der Waals surface area contributed by atoms with Crippen molar-refractivity contribution < 1.29 is 19.1 Å². The largest absolute Gasteiger partial charge is 0.465 e. The van der Waals surface area contributed by atoms with Crippen LogP contribution in [0.5, 0.6) is 0 Å². The molecule has 132 valence electrons. The Morgan fingerprint density at radius 3 is 2.36 bits per heavy atom. The Morgan fingerprint density at radius 2 is 1.80 bits per heavy atom. The predicted molar refractivity (Wildman–Crippen MR) is 97.2 cm³/mol. The fourth-order valence-electron chi connectivity index (χ4n) is 2.31. The molecule has 1 N–H and O–H groups in total. The van der Waals surface area contributed by atoms with Gasteiger partial charge in [0.25, 0.3) is 5.91 Å². The molecule has 0 radical (unpaired) electrons. The van der Waals surface area contributed by atoms with Gasteiger partial charge in [-0.15, -0.1) is 11.3 Å². The molecule has 0 aliphatic carbocycles. The van der Waals surface area contributed by atoms with E-state index in [0.717, 1.165) is 16.9 Å². The van der Waals surface area contributed by atoms with Crippen molar-refractivity contribution >= 4 is 34.1 Å². The minimum Gasteiger partial charge on any atom is -0.465 e. The molecule has 0 bridgehead atoms. The lowest BCUT2D eigenvalue weighted by Crippen LogP contribution is -2.21. The van der Waals surface area contributed by atoms with Crippen molar-refractivity contribution in [1.29, 1.82) is 0 Å². The molecule has 0 saturated heterocycles. The molecular weight excluding hydrogens is 340 g/mol. The fraction of sp³-hybridized carbons (Fsp3) is 0.278. The Kier molecular flexibility index (Phi) is 5.93. The molecule has 0 unspecified atom stereocenters. The topological polar surface area (TPSA) is 75.7 Å². The molecule has 1 aromatic heterocycles. The van der Waals surface area contributed by atoms with Gasteiger partial charge in [-0.1, -0.05) is 30.3 Å². The normalized spacial score (nSPS) is 10.2. The van der Waals surface area contributed by atoms with Crippen LogP contribution in [-0.4, -0.2) is 43.9 Å². The third kappa shape index (κ3) is 4.24. The van der Waals surface area contributed by atoms with Crippen molar-refractivity contribution in [3.8, 4) is 0 Å². The number of amides is 2. The van der Waals surface area contributed by atoms with Crippen molar-refractivity contribution in [2.24, 2.45) is 0 Å². The zero-order valence-corrected chi connectivity index (χ0v) is 15.4. The Labute approximate surface area is 150 Å². The highest BCUT2D eigenvalue weighted by Crippen LogP contribution is 2.34. The zero-order chi connectivity index (χ0) is 18.6. The predicted octanol–water partition coefficient (Wildman–Crippen LogP) is 2.73. The summed E-state index contributed by atoms with van der Waals surface area (Å²) in [5.41, 5.74) is 1.59. The van der Waals surface area contributed by atoms with Gasteiger partial charge < -0.3 is 15.0 Å². The maximum absolute atomic E-state index is 12.3. The minimum absolute atomic E-state index is 0.176. The number of rotatable bonds is 5. The van der Waals surface area contributed by atoms with Gasteiger partial charge >= 0.3 is 5.97 Å². The van der Waals surface area contributed by atoms with E-state index in [1.807, 2.05) is 30.3 Å². The number of hydrogen-bond acceptors (Lipinski definition) is 5. The number of carbonyl (C=O) groups is 3. The molecule has 0 atom stereocenters. The van der Waals surface area contributed by atoms with Crippen LogP contribution in [0, 0.1) is 6.92 Å². The van der Waals surface area contributed by atoms with Crippen LogP contribution in [-0.2, 0) is 16.0 Å². The van der Waals surface area contributed by atoms with Gasteiger partial charge in [-0.2, -0.15) is 0 Å². The summed E-state index contributed by atoms with van der Waals surface area (Å²) < 4.78 is 4.80. The van der Waals surface area contributed by atoms with Gasteiger partial charge in [-0.25, -0.2) is 4.79 Å². The van der Waals surface area contributed by atoms with Gasteiger partial charge in [0.2, 0.25) is 5.91 Å². The van der Waals surface area contributed by atoms with Gasteiger partial charge in [0.15, 0.2) is 0 Å². The highest BCUT2D eigenvalue weighted by molar-refractivity contribution is 7.18. The summed E-state index contributed by atoms with van der Waals surface area (Å²) in [5, 5.41) is 3.07. The number of benzene rings is 1. The molecule has 0 aliphatic heterocycles. The second kappa shape index (κ2) is 7.94. The fourth-order valence-corrected chi connectivity index (χ4v) is 3.54. The maximum Gasteiger partial charge on any atom is 0.341 e. The van der Waals surface area contributed by atoms with Crippen LogP contribution in [0.3, 0.4) is 0 Å². The van der Waals surface area contributed by atoms with E-state index in [4.69, 9.17) is 4.74 Å². The third-order valence-corrected chi connectivity index (χ3v) is 4.79. The van der Waals surface area contributed by atoms with E-state index in [1.165, 1.54) is 12.0 Å². The van der Waals surface area contributed by atoms with Crippen molar-refractivity contribution in [2.45, 2.75) is 13.3 Å². The molecule has 2 aromatic rings. The Balaban J connectivity index is 2.32. The number of carbonyl (C=O) groups excluding carboxylic acids is 3.